The number of nitrogens with zero attached hydrogens (tertiary/aromatic N) is 1. The van der Waals surface area contributed by atoms with E-state index in [1.165, 1.54) is 4.90 Å². The summed E-state index contributed by atoms with van der Waals surface area (Å²) in [6.07, 6.45) is -0.108. The SMILES string of the molecule is CN(C(=O)c1ccc(NC(=O)OC(C)(C)C)cc1)C1CCS(=O)(=O)C1. The molecule has 138 valence electrons. The lowest BCUT2D eigenvalue weighted by atomic mass is 10.1. The van der Waals surface area contributed by atoms with Gasteiger partial charge in [0.05, 0.1) is 11.5 Å². The van der Waals surface area contributed by atoms with Crippen molar-refractivity contribution in [1.29, 1.82) is 0 Å². The van der Waals surface area contributed by atoms with Crippen molar-refractivity contribution in [2.75, 3.05) is 23.9 Å². The van der Waals surface area contributed by atoms with E-state index in [0.29, 0.717) is 17.7 Å². The summed E-state index contributed by atoms with van der Waals surface area (Å²) in [5.41, 5.74) is 0.350. The van der Waals surface area contributed by atoms with Gasteiger partial charge in [-0.25, -0.2) is 13.2 Å². The van der Waals surface area contributed by atoms with Crippen molar-refractivity contribution < 1.29 is 22.7 Å². The van der Waals surface area contributed by atoms with Crippen LogP contribution in [0, 0.1) is 0 Å². The third-order valence-corrected chi connectivity index (χ3v) is 5.60. The minimum atomic E-state index is -3.05. The van der Waals surface area contributed by atoms with Gasteiger partial charge in [0.2, 0.25) is 0 Å². The maximum absolute atomic E-state index is 12.5. The fourth-order valence-corrected chi connectivity index (χ4v) is 4.34. The third-order valence-electron chi connectivity index (χ3n) is 3.85. The van der Waals surface area contributed by atoms with Crippen molar-refractivity contribution in [1.82, 2.24) is 4.90 Å². The van der Waals surface area contributed by atoms with Crippen LogP contribution in [-0.2, 0) is 14.6 Å². The summed E-state index contributed by atoms with van der Waals surface area (Å²) < 4.78 is 28.3. The van der Waals surface area contributed by atoms with Crippen LogP contribution >= 0.6 is 0 Å². The number of rotatable bonds is 3. The number of hydrogen-bond donors (Lipinski definition) is 1. The lowest BCUT2D eigenvalue weighted by Crippen LogP contribution is -2.37. The molecule has 1 fully saturated rings. The molecule has 1 heterocycles. The molecule has 0 aromatic heterocycles. The number of amides is 2. The molecule has 1 aliphatic heterocycles. The Morgan fingerprint density at radius 2 is 1.80 bits per heavy atom. The van der Waals surface area contributed by atoms with Gasteiger partial charge in [0.15, 0.2) is 9.84 Å². The molecule has 1 unspecified atom stereocenters. The zero-order valence-corrected chi connectivity index (χ0v) is 15.7. The minimum Gasteiger partial charge on any atom is -0.444 e. The summed E-state index contributed by atoms with van der Waals surface area (Å²) in [5.74, 6) is -0.118. The molecule has 1 aromatic rings. The maximum atomic E-state index is 12.5. The highest BCUT2D eigenvalue weighted by Gasteiger charge is 2.33. The zero-order chi connectivity index (χ0) is 18.8. The van der Waals surface area contributed by atoms with Gasteiger partial charge in [0, 0.05) is 24.3 Å². The predicted octanol–water partition coefficient (Wildman–Crippen LogP) is 2.29. The molecule has 1 aliphatic rings. The highest BCUT2D eigenvalue weighted by molar-refractivity contribution is 7.91. The lowest BCUT2D eigenvalue weighted by Gasteiger charge is -2.23. The van der Waals surface area contributed by atoms with Gasteiger partial charge in [-0.3, -0.25) is 10.1 Å². The first-order chi connectivity index (χ1) is 11.5. The van der Waals surface area contributed by atoms with Crippen LogP contribution in [0.4, 0.5) is 10.5 Å². The van der Waals surface area contributed by atoms with Crippen LogP contribution in [0.3, 0.4) is 0 Å². The molecule has 0 bridgehead atoms. The molecule has 7 nitrogen and oxygen atoms in total. The normalized spacial score (nSPS) is 19.3. The summed E-state index contributed by atoms with van der Waals surface area (Å²) >= 11 is 0. The van der Waals surface area contributed by atoms with Crippen molar-refractivity contribution in [3.05, 3.63) is 29.8 Å². The van der Waals surface area contributed by atoms with Crippen molar-refractivity contribution in [2.24, 2.45) is 0 Å². The number of benzene rings is 1. The van der Waals surface area contributed by atoms with Crippen LogP contribution in [0.1, 0.15) is 37.6 Å². The van der Waals surface area contributed by atoms with Crippen molar-refractivity contribution in [3.63, 3.8) is 0 Å². The first-order valence-electron chi connectivity index (χ1n) is 8.04. The van der Waals surface area contributed by atoms with Crippen molar-refractivity contribution in [2.45, 2.75) is 38.8 Å². The topological polar surface area (TPSA) is 92.8 Å². The Hall–Kier alpha value is -2.09. The molecule has 0 aliphatic carbocycles. The van der Waals surface area contributed by atoms with E-state index < -0.39 is 21.5 Å². The number of ether oxygens (including phenoxy) is 1. The van der Waals surface area contributed by atoms with Crippen molar-refractivity contribution in [3.8, 4) is 0 Å². The molecule has 0 radical (unpaired) electrons. The summed E-state index contributed by atoms with van der Waals surface area (Å²) in [4.78, 5) is 25.7. The maximum Gasteiger partial charge on any atom is 0.412 e. The fraction of sp³-hybridized carbons (Fsp3) is 0.529. The van der Waals surface area contributed by atoms with Crippen LogP contribution in [0.15, 0.2) is 24.3 Å². The Morgan fingerprint density at radius 1 is 1.20 bits per heavy atom. The molecule has 1 saturated heterocycles. The standard InChI is InChI=1S/C17H24N2O5S/c1-17(2,3)24-16(21)18-13-7-5-12(6-8-13)15(20)19(4)14-9-10-25(22,23)11-14/h5-8,14H,9-11H2,1-4H3,(H,18,21). The Balaban J connectivity index is 1.99. The number of carbonyl (C=O) groups excluding carboxylic acids is 2. The Kier molecular flexibility index (Phi) is 5.41. The van der Waals surface area contributed by atoms with Gasteiger partial charge in [-0.05, 0) is 51.5 Å². The van der Waals surface area contributed by atoms with Gasteiger partial charge in [0.25, 0.3) is 5.91 Å². The number of carbonyl (C=O) groups is 2. The Bertz CT molecular complexity index is 750. The van der Waals surface area contributed by atoms with E-state index in [2.05, 4.69) is 5.32 Å². The average Bonchev–Trinajstić information content (AvgIpc) is 2.84. The highest BCUT2D eigenvalue weighted by atomic mass is 32.2. The molecule has 2 amide bonds. The minimum absolute atomic E-state index is 0.00746. The number of hydrogen-bond acceptors (Lipinski definition) is 5. The van der Waals surface area contributed by atoms with Gasteiger partial charge in [-0.15, -0.1) is 0 Å². The van der Waals surface area contributed by atoms with Crippen LogP contribution < -0.4 is 5.32 Å². The van der Waals surface area contributed by atoms with E-state index in [9.17, 15) is 18.0 Å². The zero-order valence-electron chi connectivity index (χ0n) is 14.9. The van der Waals surface area contributed by atoms with Gasteiger partial charge in [-0.1, -0.05) is 0 Å². The molecule has 0 saturated carbocycles. The van der Waals surface area contributed by atoms with Gasteiger partial charge in [0.1, 0.15) is 5.60 Å². The van der Waals surface area contributed by atoms with Crippen LogP contribution in [0.25, 0.3) is 0 Å². The van der Waals surface area contributed by atoms with Crippen LogP contribution in [-0.4, -0.2) is 55.5 Å². The first kappa shape index (κ1) is 19.2. The van der Waals surface area contributed by atoms with E-state index in [4.69, 9.17) is 4.74 Å². The van der Waals surface area contributed by atoms with Crippen LogP contribution in [0.5, 0.6) is 0 Å². The van der Waals surface area contributed by atoms with Gasteiger partial charge in [-0.2, -0.15) is 0 Å². The van der Waals surface area contributed by atoms with Gasteiger partial charge >= 0.3 is 6.09 Å². The molecule has 8 heteroatoms. The third kappa shape index (κ3) is 5.45. The molecular weight excluding hydrogens is 344 g/mol. The van der Waals surface area contributed by atoms with E-state index in [0.717, 1.165) is 0 Å². The summed E-state index contributed by atoms with van der Waals surface area (Å²) in [6.45, 7) is 5.31. The fourth-order valence-electron chi connectivity index (χ4n) is 2.57. The molecule has 25 heavy (non-hydrogen) atoms. The number of sulfone groups is 1. The lowest BCUT2D eigenvalue weighted by molar-refractivity contribution is 0.0635. The highest BCUT2D eigenvalue weighted by Crippen LogP contribution is 2.19. The summed E-state index contributed by atoms with van der Waals surface area (Å²) in [6, 6.07) is 6.11. The second kappa shape index (κ2) is 7.03. The number of anilines is 1. The first-order valence-corrected chi connectivity index (χ1v) is 9.87. The van der Waals surface area contributed by atoms with E-state index in [1.807, 2.05) is 0 Å². The second-order valence-corrected chi connectivity index (χ2v) is 9.41. The molecular formula is C17H24N2O5S. The van der Waals surface area contributed by atoms with E-state index >= 15 is 0 Å². The molecule has 2 rings (SSSR count). The van der Waals surface area contributed by atoms with E-state index in [1.54, 1.807) is 52.1 Å². The smallest absolute Gasteiger partial charge is 0.412 e. The van der Waals surface area contributed by atoms with Gasteiger partial charge < -0.3 is 9.64 Å². The van der Waals surface area contributed by atoms with Crippen molar-refractivity contribution >= 4 is 27.5 Å². The molecule has 0 spiro atoms. The largest absolute Gasteiger partial charge is 0.444 e. The predicted molar refractivity (Wildman–Crippen MR) is 95.5 cm³/mol. The molecule has 1 atom stereocenters. The monoisotopic (exact) mass is 368 g/mol. The van der Waals surface area contributed by atoms with E-state index in [-0.39, 0.29) is 23.5 Å². The Labute approximate surface area is 148 Å². The quantitative estimate of drug-likeness (QED) is 0.884. The second-order valence-electron chi connectivity index (χ2n) is 7.18. The molecule has 1 N–H and O–H groups in total. The molecule has 1 aromatic carbocycles. The van der Waals surface area contributed by atoms with Crippen LogP contribution in [0.2, 0.25) is 0 Å². The number of nitrogens with one attached hydrogen (secondary N) is 1. The Morgan fingerprint density at radius 3 is 2.28 bits per heavy atom. The average molecular weight is 368 g/mol. The summed E-state index contributed by atoms with van der Waals surface area (Å²) in [5, 5.41) is 2.59. The summed E-state index contributed by atoms with van der Waals surface area (Å²) in [7, 11) is -1.43.